The van der Waals surface area contributed by atoms with Crippen molar-refractivity contribution in [3.05, 3.63) is 77.4 Å². The van der Waals surface area contributed by atoms with Gasteiger partial charge in [0.2, 0.25) is 5.91 Å². The lowest BCUT2D eigenvalue weighted by Gasteiger charge is -2.30. The Morgan fingerprint density at radius 1 is 1.04 bits per heavy atom. The van der Waals surface area contributed by atoms with Crippen LogP contribution in [0.5, 0.6) is 5.75 Å². The molecule has 4 rings (SSSR count). The summed E-state index contributed by atoms with van der Waals surface area (Å²) >= 11 is 0. The number of carbonyl (C=O) groups is 1. The molecule has 1 aliphatic rings. The van der Waals surface area contributed by atoms with Crippen LogP contribution in [0.15, 0.2) is 60.7 Å². The zero-order chi connectivity index (χ0) is 18.1. The van der Waals surface area contributed by atoms with Crippen LogP contribution in [0, 0.1) is 11.3 Å². The smallest absolute Gasteiger partial charge is 0.223 e. The normalized spacial score (nSPS) is 15.2. The Morgan fingerprint density at radius 2 is 1.81 bits per heavy atom. The van der Waals surface area contributed by atoms with E-state index in [-0.39, 0.29) is 17.7 Å². The molecule has 1 unspecified atom stereocenters. The maximum atomic E-state index is 12.5. The number of benzene rings is 3. The molecule has 1 N–H and O–H groups in total. The predicted molar refractivity (Wildman–Crippen MR) is 99.6 cm³/mol. The lowest BCUT2D eigenvalue weighted by atomic mass is 9.91. The average molecular weight is 342 g/mol. The highest BCUT2D eigenvalue weighted by atomic mass is 16.3. The molecule has 3 aromatic rings. The zero-order valence-electron chi connectivity index (χ0n) is 14.2. The van der Waals surface area contributed by atoms with E-state index in [9.17, 15) is 9.90 Å². The first-order valence-corrected chi connectivity index (χ1v) is 8.69. The minimum atomic E-state index is -0.371. The second-order valence-corrected chi connectivity index (χ2v) is 6.55. The van der Waals surface area contributed by atoms with Crippen molar-refractivity contribution in [3.8, 4) is 11.8 Å². The topological polar surface area (TPSA) is 64.3 Å². The van der Waals surface area contributed by atoms with Crippen molar-refractivity contribution in [2.45, 2.75) is 18.9 Å². The summed E-state index contributed by atoms with van der Waals surface area (Å²) in [6.45, 7) is 0.659. The van der Waals surface area contributed by atoms with Gasteiger partial charge in [-0.2, -0.15) is 5.26 Å². The number of phenols is 1. The van der Waals surface area contributed by atoms with E-state index in [1.807, 2.05) is 47.4 Å². The summed E-state index contributed by atoms with van der Waals surface area (Å²) in [5.41, 5.74) is 2.20. The molecule has 128 valence electrons. The first kappa shape index (κ1) is 16.2. The Kier molecular flexibility index (Phi) is 4.06. The third-order valence-corrected chi connectivity index (χ3v) is 5.00. The largest absolute Gasteiger partial charge is 0.508 e. The van der Waals surface area contributed by atoms with E-state index in [4.69, 9.17) is 5.26 Å². The van der Waals surface area contributed by atoms with Crippen molar-refractivity contribution in [1.29, 1.82) is 5.26 Å². The number of rotatable bonds is 3. The molecule has 4 heteroatoms. The van der Waals surface area contributed by atoms with Crippen LogP contribution < -0.4 is 0 Å². The van der Waals surface area contributed by atoms with Gasteiger partial charge in [-0.05, 0) is 41.0 Å². The lowest BCUT2D eigenvalue weighted by Crippen LogP contribution is -2.30. The fourth-order valence-corrected chi connectivity index (χ4v) is 3.76. The molecule has 0 spiro atoms. The highest BCUT2D eigenvalue weighted by Crippen LogP contribution is 2.40. The molecule has 4 nitrogen and oxygen atoms in total. The number of hydrogen-bond donors (Lipinski definition) is 1. The first-order chi connectivity index (χ1) is 12.7. The lowest BCUT2D eigenvalue weighted by molar-refractivity contribution is -0.129. The zero-order valence-corrected chi connectivity index (χ0v) is 14.2. The number of phenolic OH excluding ortho intramolecular Hbond substituents is 1. The summed E-state index contributed by atoms with van der Waals surface area (Å²) in [6, 6.07) is 20.4. The Morgan fingerprint density at radius 3 is 2.50 bits per heavy atom. The van der Waals surface area contributed by atoms with E-state index in [1.165, 1.54) is 0 Å². The van der Waals surface area contributed by atoms with E-state index in [2.05, 4.69) is 6.07 Å². The maximum absolute atomic E-state index is 12.5. The van der Waals surface area contributed by atoms with Crippen molar-refractivity contribution >= 4 is 16.7 Å². The van der Waals surface area contributed by atoms with Gasteiger partial charge in [0.25, 0.3) is 0 Å². The van der Waals surface area contributed by atoms with Crippen LogP contribution in [-0.2, 0) is 4.79 Å². The predicted octanol–water partition coefficient (Wildman–Crippen LogP) is 4.13. The fourth-order valence-electron chi connectivity index (χ4n) is 3.76. The van der Waals surface area contributed by atoms with Crippen molar-refractivity contribution < 1.29 is 9.90 Å². The highest BCUT2D eigenvalue weighted by Gasteiger charge is 2.32. The Hall–Kier alpha value is -3.32. The van der Waals surface area contributed by atoms with Gasteiger partial charge in [-0.3, -0.25) is 4.79 Å². The number of aromatic hydroxyl groups is 1. The molecule has 3 aromatic carbocycles. The molecule has 1 saturated heterocycles. The van der Waals surface area contributed by atoms with E-state index in [0.29, 0.717) is 18.5 Å². The van der Waals surface area contributed by atoms with Gasteiger partial charge in [-0.15, -0.1) is 0 Å². The molecule has 0 aromatic heterocycles. The van der Waals surface area contributed by atoms with Crippen LogP contribution >= 0.6 is 0 Å². The summed E-state index contributed by atoms with van der Waals surface area (Å²) < 4.78 is 0. The van der Waals surface area contributed by atoms with Crippen LogP contribution in [0.25, 0.3) is 10.8 Å². The average Bonchev–Trinajstić information content (AvgIpc) is 3.10. The molecular weight excluding hydrogens is 324 g/mol. The number of likely N-dealkylation sites (tertiary alicyclic amines) is 1. The standard InChI is InChI=1S/C22H18N2O2/c23-14-15-7-9-17(10-8-15)22(24-13-3-6-20(24)26)21-18-5-2-1-4-16(18)11-12-19(21)25/h1-2,4-5,7-12,22,25H,3,6,13H2. The maximum Gasteiger partial charge on any atom is 0.223 e. The Balaban J connectivity index is 1.95. The highest BCUT2D eigenvalue weighted by molar-refractivity contribution is 5.89. The number of nitrogens with zero attached hydrogens (tertiary/aromatic N) is 2. The Bertz CT molecular complexity index is 1020. The van der Waals surface area contributed by atoms with Crippen LogP contribution in [0.2, 0.25) is 0 Å². The molecule has 1 fully saturated rings. The first-order valence-electron chi connectivity index (χ1n) is 8.69. The van der Waals surface area contributed by atoms with Crippen molar-refractivity contribution in [3.63, 3.8) is 0 Å². The Labute approximate surface area is 151 Å². The summed E-state index contributed by atoms with van der Waals surface area (Å²) in [7, 11) is 0. The van der Waals surface area contributed by atoms with Gasteiger partial charge in [0.1, 0.15) is 5.75 Å². The van der Waals surface area contributed by atoms with Gasteiger partial charge in [0.05, 0.1) is 17.7 Å². The molecule has 26 heavy (non-hydrogen) atoms. The number of hydrogen-bond acceptors (Lipinski definition) is 3. The van der Waals surface area contributed by atoms with Crippen molar-refractivity contribution in [2.24, 2.45) is 0 Å². The van der Waals surface area contributed by atoms with Gasteiger partial charge in [-0.1, -0.05) is 42.5 Å². The van der Waals surface area contributed by atoms with Crippen molar-refractivity contribution in [1.82, 2.24) is 4.90 Å². The molecule has 1 aliphatic heterocycles. The van der Waals surface area contributed by atoms with Crippen molar-refractivity contribution in [2.75, 3.05) is 6.54 Å². The van der Waals surface area contributed by atoms with Crippen LogP contribution in [0.4, 0.5) is 0 Å². The fraction of sp³-hybridized carbons (Fsp3) is 0.182. The van der Waals surface area contributed by atoms with Gasteiger partial charge in [0, 0.05) is 18.5 Å². The molecule has 0 saturated carbocycles. The SMILES string of the molecule is N#Cc1ccc(C(c2c(O)ccc3ccccc23)N2CCCC2=O)cc1. The summed E-state index contributed by atoms with van der Waals surface area (Å²) in [6.07, 6.45) is 1.34. The van der Waals surface area contributed by atoms with E-state index < -0.39 is 0 Å². The molecular formula is C22H18N2O2. The summed E-state index contributed by atoms with van der Waals surface area (Å²) in [5.74, 6) is 0.268. The van der Waals surface area contributed by atoms with Gasteiger partial charge >= 0.3 is 0 Å². The quantitative estimate of drug-likeness (QED) is 0.778. The molecule has 0 radical (unpaired) electrons. The molecule has 1 amide bonds. The number of fused-ring (bicyclic) bond motifs is 1. The van der Waals surface area contributed by atoms with Gasteiger partial charge < -0.3 is 10.0 Å². The van der Waals surface area contributed by atoms with E-state index in [1.54, 1.807) is 18.2 Å². The second-order valence-electron chi connectivity index (χ2n) is 6.55. The van der Waals surface area contributed by atoms with Crippen LogP contribution in [0.3, 0.4) is 0 Å². The molecule has 0 aliphatic carbocycles. The monoisotopic (exact) mass is 342 g/mol. The number of carbonyl (C=O) groups excluding carboxylic acids is 1. The minimum Gasteiger partial charge on any atom is -0.508 e. The van der Waals surface area contributed by atoms with E-state index in [0.717, 1.165) is 28.3 Å². The van der Waals surface area contributed by atoms with Crippen LogP contribution in [-0.4, -0.2) is 22.5 Å². The van der Waals surface area contributed by atoms with Crippen LogP contribution in [0.1, 0.15) is 35.6 Å². The summed E-state index contributed by atoms with van der Waals surface area (Å²) in [4.78, 5) is 14.4. The molecule has 0 bridgehead atoms. The second kappa shape index (κ2) is 6.53. The minimum absolute atomic E-state index is 0.0895. The number of nitriles is 1. The number of amides is 1. The summed E-state index contributed by atoms with van der Waals surface area (Å²) in [5, 5.41) is 21.7. The van der Waals surface area contributed by atoms with E-state index >= 15 is 0 Å². The molecule has 1 atom stereocenters. The van der Waals surface area contributed by atoms with Gasteiger partial charge in [0.15, 0.2) is 0 Å². The van der Waals surface area contributed by atoms with Gasteiger partial charge in [-0.25, -0.2) is 0 Å². The third kappa shape index (κ3) is 2.68. The molecule has 1 heterocycles. The third-order valence-electron chi connectivity index (χ3n) is 5.00.